The van der Waals surface area contributed by atoms with Gasteiger partial charge in [0.15, 0.2) is 9.84 Å². The van der Waals surface area contributed by atoms with Crippen LogP contribution < -0.4 is 4.74 Å². The molecule has 0 aliphatic carbocycles. The third-order valence-corrected chi connectivity index (χ3v) is 7.59. The number of aromatic nitrogens is 2. The van der Waals surface area contributed by atoms with Gasteiger partial charge in [0, 0.05) is 6.42 Å². The smallest absolute Gasteiger partial charge is 0.150 e. The summed E-state index contributed by atoms with van der Waals surface area (Å²) in [6.45, 7) is 4.51. The molecule has 0 unspecified atom stereocenters. The molecule has 1 N–H and O–H groups in total. The maximum Gasteiger partial charge on any atom is 0.150 e. The second-order valence-electron chi connectivity index (χ2n) is 8.29. The van der Waals surface area contributed by atoms with Crippen LogP contribution in [0.3, 0.4) is 0 Å². The van der Waals surface area contributed by atoms with Gasteiger partial charge in [0.25, 0.3) is 0 Å². The molecule has 3 aromatic rings. The van der Waals surface area contributed by atoms with Gasteiger partial charge in [0.2, 0.25) is 0 Å². The van der Waals surface area contributed by atoms with E-state index in [9.17, 15) is 13.5 Å². The van der Waals surface area contributed by atoms with Gasteiger partial charge in [-0.3, -0.25) is 0 Å². The molecule has 2 heterocycles. The Hall–Kier alpha value is -2.38. The fourth-order valence-corrected chi connectivity index (χ4v) is 6.11. The third kappa shape index (κ3) is 4.52. The van der Waals surface area contributed by atoms with E-state index in [4.69, 9.17) is 9.72 Å². The van der Waals surface area contributed by atoms with E-state index in [-0.39, 0.29) is 24.0 Å². The first-order valence-electron chi connectivity index (χ1n) is 10.3. The van der Waals surface area contributed by atoms with Crippen molar-refractivity contribution in [1.82, 2.24) is 9.55 Å². The number of aliphatic hydroxyl groups excluding tert-OH is 1. The van der Waals surface area contributed by atoms with Crippen LogP contribution in [-0.2, 0) is 22.8 Å². The number of para-hydroxylation sites is 3. The first kappa shape index (κ1) is 20.9. The highest BCUT2D eigenvalue weighted by Crippen LogP contribution is 2.26. The quantitative estimate of drug-likeness (QED) is 0.625. The zero-order chi connectivity index (χ0) is 21.3. The number of nitrogens with zero attached hydrogens (tertiary/aromatic N) is 2. The van der Waals surface area contributed by atoms with Gasteiger partial charge < -0.3 is 14.4 Å². The van der Waals surface area contributed by atoms with E-state index in [0.29, 0.717) is 19.4 Å². The molecular weight excluding hydrogens is 400 g/mol. The van der Waals surface area contributed by atoms with Gasteiger partial charge in [-0.05, 0) is 49.4 Å². The Labute approximate surface area is 177 Å². The van der Waals surface area contributed by atoms with Crippen LogP contribution in [-0.4, -0.2) is 47.3 Å². The van der Waals surface area contributed by atoms with Gasteiger partial charge in [-0.25, -0.2) is 13.4 Å². The van der Waals surface area contributed by atoms with Crippen LogP contribution in [0.5, 0.6) is 5.75 Å². The Kier molecular flexibility index (Phi) is 5.84. The summed E-state index contributed by atoms with van der Waals surface area (Å²) in [4.78, 5) is 4.74. The number of hydrogen-bond acceptors (Lipinski definition) is 5. The molecule has 30 heavy (non-hydrogen) atoms. The molecule has 1 fully saturated rings. The standard InChI is InChI=1S/C23H28N2O4S/c1-16-6-5-7-17(2)23(16)29-14-19(26)13-25-21-9-4-3-8-20(21)24-22(25)12-18-10-11-30(27,28)15-18/h3-9,18-19,26H,10-15H2,1-2H3/t18-,19+/m0/s1. The Bertz CT molecular complexity index is 1130. The fraction of sp³-hybridized carbons (Fsp3) is 0.435. The van der Waals surface area contributed by atoms with Crippen molar-refractivity contribution in [3.8, 4) is 5.75 Å². The van der Waals surface area contributed by atoms with Crippen molar-refractivity contribution in [2.45, 2.75) is 39.3 Å². The molecule has 0 spiro atoms. The fourth-order valence-electron chi connectivity index (χ4n) is 4.25. The zero-order valence-electron chi connectivity index (χ0n) is 17.4. The summed E-state index contributed by atoms with van der Waals surface area (Å²) in [6, 6.07) is 13.8. The Balaban J connectivity index is 1.52. The lowest BCUT2D eigenvalue weighted by molar-refractivity contribution is 0.0919. The Morgan fingerprint density at radius 3 is 2.60 bits per heavy atom. The number of fused-ring (bicyclic) bond motifs is 1. The van der Waals surface area contributed by atoms with Crippen molar-refractivity contribution >= 4 is 20.9 Å². The normalized spacial score (nSPS) is 19.2. The van der Waals surface area contributed by atoms with E-state index in [2.05, 4.69) is 0 Å². The lowest BCUT2D eigenvalue weighted by Crippen LogP contribution is -2.25. The van der Waals surface area contributed by atoms with Crippen LogP contribution in [0.25, 0.3) is 11.0 Å². The number of aliphatic hydroxyl groups is 1. The molecule has 1 saturated heterocycles. The molecule has 0 amide bonds. The van der Waals surface area contributed by atoms with Gasteiger partial charge in [0.05, 0.1) is 29.1 Å². The molecule has 1 aromatic heterocycles. The van der Waals surface area contributed by atoms with E-state index >= 15 is 0 Å². The van der Waals surface area contributed by atoms with Crippen LogP contribution in [0.4, 0.5) is 0 Å². The highest BCUT2D eigenvalue weighted by Gasteiger charge is 2.29. The van der Waals surface area contributed by atoms with Gasteiger partial charge in [0.1, 0.15) is 24.3 Å². The molecule has 1 aliphatic rings. The highest BCUT2D eigenvalue weighted by atomic mass is 32.2. The number of hydrogen-bond donors (Lipinski definition) is 1. The van der Waals surface area contributed by atoms with E-state index in [0.717, 1.165) is 33.7 Å². The molecule has 0 radical (unpaired) electrons. The van der Waals surface area contributed by atoms with E-state index in [1.54, 1.807) is 0 Å². The maximum atomic E-state index is 11.9. The van der Waals surface area contributed by atoms with Gasteiger partial charge in [-0.1, -0.05) is 30.3 Å². The van der Waals surface area contributed by atoms with Gasteiger partial charge in [-0.2, -0.15) is 0 Å². The van der Waals surface area contributed by atoms with Crippen LogP contribution in [0.15, 0.2) is 42.5 Å². The summed E-state index contributed by atoms with van der Waals surface area (Å²) in [7, 11) is -2.94. The minimum atomic E-state index is -2.94. The molecule has 2 atom stereocenters. The summed E-state index contributed by atoms with van der Waals surface area (Å²) >= 11 is 0. The average Bonchev–Trinajstić information content (AvgIpc) is 3.21. The first-order valence-corrected chi connectivity index (χ1v) is 12.2. The van der Waals surface area contributed by atoms with Crippen molar-refractivity contribution in [2.24, 2.45) is 5.92 Å². The van der Waals surface area contributed by atoms with E-state index < -0.39 is 15.9 Å². The van der Waals surface area contributed by atoms with Crippen molar-refractivity contribution < 1.29 is 18.3 Å². The molecule has 0 bridgehead atoms. The SMILES string of the molecule is Cc1cccc(C)c1OC[C@H](O)Cn1c(C[C@@H]2CCS(=O)(=O)C2)nc2ccccc21. The third-order valence-electron chi connectivity index (χ3n) is 5.75. The van der Waals surface area contributed by atoms with E-state index in [1.165, 1.54) is 0 Å². The number of rotatable bonds is 7. The topological polar surface area (TPSA) is 81.4 Å². The predicted octanol–water partition coefficient (Wildman–Crippen LogP) is 3.07. The second-order valence-corrected chi connectivity index (χ2v) is 10.5. The minimum Gasteiger partial charge on any atom is -0.490 e. The van der Waals surface area contributed by atoms with Gasteiger partial charge >= 0.3 is 0 Å². The van der Waals surface area contributed by atoms with Crippen LogP contribution in [0.1, 0.15) is 23.4 Å². The van der Waals surface area contributed by atoms with Crippen molar-refractivity contribution in [2.75, 3.05) is 18.1 Å². The monoisotopic (exact) mass is 428 g/mol. The zero-order valence-corrected chi connectivity index (χ0v) is 18.2. The van der Waals surface area contributed by atoms with Crippen molar-refractivity contribution in [3.05, 3.63) is 59.4 Å². The summed E-state index contributed by atoms with van der Waals surface area (Å²) in [5, 5.41) is 10.7. The first-order chi connectivity index (χ1) is 14.3. The number of aryl methyl sites for hydroxylation is 2. The molecule has 0 saturated carbocycles. The van der Waals surface area contributed by atoms with Crippen molar-refractivity contribution in [3.63, 3.8) is 0 Å². The summed E-state index contributed by atoms with van der Waals surface area (Å²) in [6.07, 6.45) is 0.551. The molecular formula is C23H28N2O4S. The molecule has 160 valence electrons. The van der Waals surface area contributed by atoms with Gasteiger partial charge in [-0.15, -0.1) is 0 Å². The number of imidazole rings is 1. The molecule has 6 nitrogen and oxygen atoms in total. The Morgan fingerprint density at radius 2 is 1.90 bits per heavy atom. The summed E-state index contributed by atoms with van der Waals surface area (Å²) in [5.41, 5.74) is 3.88. The second kappa shape index (κ2) is 8.40. The lowest BCUT2D eigenvalue weighted by atomic mass is 10.1. The summed E-state index contributed by atoms with van der Waals surface area (Å²) in [5.74, 6) is 2.18. The molecule has 2 aromatic carbocycles. The number of benzene rings is 2. The van der Waals surface area contributed by atoms with Crippen molar-refractivity contribution in [1.29, 1.82) is 0 Å². The minimum absolute atomic E-state index is 0.0774. The predicted molar refractivity (Wildman–Crippen MR) is 118 cm³/mol. The largest absolute Gasteiger partial charge is 0.490 e. The van der Waals surface area contributed by atoms with E-state index in [1.807, 2.05) is 60.9 Å². The lowest BCUT2D eigenvalue weighted by Gasteiger charge is -2.18. The van der Waals surface area contributed by atoms with Crippen LogP contribution in [0.2, 0.25) is 0 Å². The molecule has 4 rings (SSSR count). The molecule has 1 aliphatic heterocycles. The van der Waals surface area contributed by atoms with Crippen LogP contribution >= 0.6 is 0 Å². The Morgan fingerprint density at radius 1 is 1.17 bits per heavy atom. The van der Waals surface area contributed by atoms with Crippen LogP contribution in [0, 0.1) is 19.8 Å². The molecule has 7 heteroatoms. The average molecular weight is 429 g/mol. The summed E-state index contributed by atoms with van der Waals surface area (Å²) < 4.78 is 31.7. The number of ether oxygens (including phenoxy) is 1. The maximum absolute atomic E-state index is 11.9. The number of sulfone groups is 1. The highest BCUT2D eigenvalue weighted by molar-refractivity contribution is 7.91.